The van der Waals surface area contributed by atoms with Crippen LogP contribution in [0.1, 0.15) is 44.9 Å². The largest absolute Gasteiger partial charge is 0.317 e. The molecule has 2 rings (SSSR count). The van der Waals surface area contributed by atoms with E-state index < -0.39 is 0 Å². The lowest BCUT2D eigenvalue weighted by molar-refractivity contribution is 0.246. The molecule has 3 nitrogen and oxygen atoms in total. The molecule has 0 aromatic heterocycles. The lowest BCUT2D eigenvalue weighted by atomic mass is 9.86. The van der Waals surface area contributed by atoms with Gasteiger partial charge in [-0.25, -0.2) is 0 Å². The van der Waals surface area contributed by atoms with Gasteiger partial charge in [0, 0.05) is 6.04 Å². The Bertz CT molecular complexity index is 232. The minimum Gasteiger partial charge on any atom is -0.317 e. The van der Waals surface area contributed by atoms with Crippen molar-refractivity contribution in [3.05, 3.63) is 0 Å². The van der Waals surface area contributed by atoms with E-state index in [1.54, 1.807) is 0 Å². The SMILES string of the molecule is N#CC1(NC2CCCCC2)CCNCC1. The third-order valence-corrected chi connectivity index (χ3v) is 3.76. The first-order chi connectivity index (χ1) is 7.35. The van der Waals surface area contributed by atoms with Crippen molar-refractivity contribution in [1.82, 2.24) is 10.6 Å². The summed E-state index contributed by atoms with van der Waals surface area (Å²) in [4.78, 5) is 0. The van der Waals surface area contributed by atoms with E-state index in [0.29, 0.717) is 6.04 Å². The van der Waals surface area contributed by atoms with Gasteiger partial charge in [-0.3, -0.25) is 5.32 Å². The summed E-state index contributed by atoms with van der Waals surface area (Å²) in [5.41, 5.74) is -0.229. The topological polar surface area (TPSA) is 47.9 Å². The van der Waals surface area contributed by atoms with Gasteiger partial charge in [0.2, 0.25) is 0 Å². The second-order valence-electron chi connectivity index (χ2n) is 4.92. The summed E-state index contributed by atoms with van der Waals surface area (Å²) in [5, 5.41) is 16.3. The van der Waals surface area contributed by atoms with Gasteiger partial charge in [0.1, 0.15) is 5.54 Å². The van der Waals surface area contributed by atoms with Crippen LogP contribution in [0.3, 0.4) is 0 Å². The molecule has 15 heavy (non-hydrogen) atoms. The minimum absolute atomic E-state index is 0.229. The first-order valence-electron chi connectivity index (χ1n) is 6.24. The number of hydrogen-bond donors (Lipinski definition) is 2. The predicted molar refractivity (Wildman–Crippen MR) is 60.5 cm³/mol. The average molecular weight is 207 g/mol. The van der Waals surface area contributed by atoms with E-state index in [-0.39, 0.29) is 5.54 Å². The van der Waals surface area contributed by atoms with E-state index in [1.165, 1.54) is 32.1 Å². The van der Waals surface area contributed by atoms with E-state index in [9.17, 15) is 5.26 Å². The van der Waals surface area contributed by atoms with Crippen molar-refractivity contribution in [2.75, 3.05) is 13.1 Å². The van der Waals surface area contributed by atoms with Gasteiger partial charge in [-0.1, -0.05) is 19.3 Å². The zero-order valence-corrected chi connectivity index (χ0v) is 9.39. The van der Waals surface area contributed by atoms with Gasteiger partial charge in [-0.15, -0.1) is 0 Å². The van der Waals surface area contributed by atoms with Crippen LogP contribution in [0.25, 0.3) is 0 Å². The van der Waals surface area contributed by atoms with Gasteiger partial charge in [0.25, 0.3) is 0 Å². The van der Waals surface area contributed by atoms with Crippen LogP contribution in [-0.2, 0) is 0 Å². The predicted octanol–water partition coefficient (Wildman–Crippen LogP) is 1.55. The lowest BCUT2D eigenvalue weighted by Gasteiger charge is -2.37. The first kappa shape index (κ1) is 10.9. The smallest absolute Gasteiger partial charge is 0.109 e. The molecule has 0 radical (unpaired) electrons. The van der Waals surface area contributed by atoms with E-state index in [4.69, 9.17) is 0 Å². The molecular formula is C12H21N3. The molecule has 1 saturated carbocycles. The number of nitrogens with zero attached hydrogens (tertiary/aromatic N) is 1. The Balaban J connectivity index is 1.91. The van der Waals surface area contributed by atoms with Crippen LogP contribution in [0.2, 0.25) is 0 Å². The number of rotatable bonds is 2. The normalized spacial score (nSPS) is 27.1. The molecule has 84 valence electrons. The third kappa shape index (κ3) is 2.70. The molecular weight excluding hydrogens is 186 g/mol. The van der Waals surface area contributed by atoms with Gasteiger partial charge in [0.15, 0.2) is 0 Å². The van der Waals surface area contributed by atoms with Crippen molar-refractivity contribution in [3.8, 4) is 6.07 Å². The van der Waals surface area contributed by atoms with Crippen molar-refractivity contribution in [2.45, 2.75) is 56.5 Å². The average Bonchev–Trinajstić information content (AvgIpc) is 2.32. The number of hydrogen-bond acceptors (Lipinski definition) is 3. The summed E-state index contributed by atoms with van der Waals surface area (Å²) in [6.45, 7) is 1.96. The summed E-state index contributed by atoms with van der Waals surface area (Å²) in [6.07, 6.45) is 8.47. The summed E-state index contributed by atoms with van der Waals surface area (Å²) >= 11 is 0. The maximum absolute atomic E-state index is 9.33. The van der Waals surface area contributed by atoms with Gasteiger partial charge < -0.3 is 5.32 Å². The van der Waals surface area contributed by atoms with Crippen LogP contribution in [-0.4, -0.2) is 24.7 Å². The fourth-order valence-electron chi connectivity index (χ4n) is 2.78. The Morgan fingerprint density at radius 2 is 1.80 bits per heavy atom. The van der Waals surface area contributed by atoms with Gasteiger partial charge in [-0.2, -0.15) is 5.26 Å². The highest BCUT2D eigenvalue weighted by Crippen LogP contribution is 2.24. The fourth-order valence-corrected chi connectivity index (χ4v) is 2.78. The van der Waals surface area contributed by atoms with Crippen molar-refractivity contribution < 1.29 is 0 Å². The van der Waals surface area contributed by atoms with Crippen LogP contribution in [0.4, 0.5) is 0 Å². The highest BCUT2D eigenvalue weighted by Gasteiger charge is 2.34. The molecule has 0 aromatic carbocycles. The first-order valence-corrected chi connectivity index (χ1v) is 6.24. The second kappa shape index (κ2) is 4.96. The maximum atomic E-state index is 9.33. The molecule has 0 amide bonds. The Morgan fingerprint density at radius 1 is 1.13 bits per heavy atom. The molecule has 1 saturated heterocycles. The van der Waals surface area contributed by atoms with Crippen LogP contribution in [0, 0.1) is 11.3 Å². The Morgan fingerprint density at radius 3 is 2.40 bits per heavy atom. The molecule has 0 atom stereocenters. The highest BCUT2D eigenvalue weighted by atomic mass is 15.0. The molecule has 1 heterocycles. The van der Waals surface area contributed by atoms with E-state index in [1.807, 2.05) is 0 Å². The zero-order valence-electron chi connectivity index (χ0n) is 9.39. The highest BCUT2D eigenvalue weighted by molar-refractivity contribution is 5.10. The van der Waals surface area contributed by atoms with Crippen molar-refractivity contribution in [3.63, 3.8) is 0 Å². The van der Waals surface area contributed by atoms with Gasteiger partial charge in [0.05, 0.1) is 6.07 Å². The summed E-state index contributed by atoms with van der Waals surface area (Å²) in [5.74, 6) is 0. The van der Waals surface area contributed by atoms with Crippen molar-refractivity contribution in [1.29, 1.82) is 5.26 Å². The molecule has 0 unspecified atom stereocenters. The molecule has 0 bridgehead atoms. The second-order valence-corrected chi connectivity index (χ2v) is 4.92. The minimum atomic E-state index is -0.229. The Hall–Kier alpha value is -0.590. The maximum Gasteiger partial charge on any atom is 0.109 e. The Kier molecular flexibility index (Phi) is 3.61. The van der Waals surface area contributed by atoms with Gasteiger partial charge in [-0.05, 0) is 38.8 Å². The van der Waals surface area contributed by atoms with E-state index in [0.717, 1.165) is 25.9 Å². The van der Waals surface area contributed by atoms with Crippen LogP contribution >= 0.6 is 0 Å². The monoisotopic (exact) mass is 207 g/mol. The van der Waals surface area contributed by atoms with Crippen LogP contribution in [0.15, 0.2) is 0 Å². The molecule has 3 heteroatoms. The van der Waals surface area contributed by atoms with Crippen molar-refractivity contribution in [2.24, 2.45) is 0 Å². The van der Waals surface area contributed by atoms with Gasteiger partial charge >= 0.3 is 0 Å². The molecule has 2 fully saturated rings. The third-order valence-electron chi connectivity index (χ3n) is 3.76. The van der Waals surface area contributed by atoms with E-state index >= 15 is 0 Å². The quantitative estimate of drug-likeness (QED) is 0.722. The van der Waals surface area contributed by atoms with Crippen LogP contribution < -0.4 is 10.6 Å². The lowest BCUT2D eigenvalue weighted by Crippen LogP contribution is -2.55. The molecule has 1 aliphatic heterocycles. The van der Waals surface area contributed by atoms with Crippen molar-refractivity contribution >= 4 is 0 Å². The number of nitriles is 1. The Labute approximate surface area is 92.2 Å². The molecule has 1 aliphatic carbocycles. The fraction of sp³-hybridized carbons (Fsp3) is 0.917. The molecule has 2 aliphatic rings. The number of nitrogens with one attached hydrogen (secondary N) is 2. The zero-order chi connectivity index (χ0) is 10.6. The van der Waals surface area contributed by atoms with Crippen LogP contribution in [0.5, 0.6) is 0 Å². The number of piperidine rings is 1. The summed E-state index contributed by atoms with van der Waals surface area (Å²) in [6, 6.07) is 3.11. The summed E-state index contributed by atoms with van der Waals surface area (Å²) < 4.78 is 0. The molecule has 0 aromatic rings. The summed E-state index contributed by atoms with van der Waals surface area (Å²) in [7, 11) is 0. The standard InChI is InChI=1S/C12H21N3/c13-10-12(6-8-14-9-7-12)15-11-4-2-1-3-5-11/h11,14-15H,1-9H2. The molecule has 2 N–H and O–H groups in total. The van der Waals surface area contributed by atoms with E-state index in [2.05, 4.69) is 16.7 Å². The molecule has 0 spiro atoms.